The maximum atomic E-state index is 12.9. The molecule has 0 aliphatic rings. The molecule has 6 nitrogen and oxygen atoms in total. The second kappa shape index (κ2) is 59.1. The first-order chi connectivity index (χ1) is 35.5. The lowest BCUT2D eigenvalue weighted by Crippen LogP contribution is -2.30. The fourth-order valence-electron chi connectivity index (χ4n) is 7.64. The number of esters is 3. The van der Waals surface area contributed by atoms with Gasteiger partial charge < -0.3 is 14.2 Å². The first-order valence-corrected chi connectivity index (χ1v) is 29.2. The first-order valence-electron chi connectivity index (χ1n) is 29.2. The summed E-state index contributed by atoms with van der Waals surface area (Å²) in [6, 6.07) is 0. The van der Waals surface area contributed by atoms with Crippen molar-refractivity contribution < 1.29 is 28.6 Å². The molecule has 0 aliphatic carbocycles. The van der Waals surface area contributed by atoms with Gasteiger partial charge in [0.05, 0.1) is 6.42 Å². The van der Waals surface area contributed by atoms with Crippen molar-refractivity contribution in [3.8, 4) is 0 Å². The number of allylic oxidation sites excluding steroid dienone is 21. The summed E-state index contributed by atoms with van der Waals surface area (Å²) in [7, 11) is 0. The molecular formula is C66H106O6. The van der Waals surface area contributed by atoms with Crippen LogP contribution in [-0.2, 0) is 28.6 Å². The fourth-order valence-corrected chi connectivity index (χ4v) is 7.64. The molecule has 0 fully saturated rings. The first kappa shape index (κ1) is 67.5. The van der Waals surface area contributed by atoms with Crippen LogP contribution in [0.15, 0.2) is 134 Å². The maximum Gasteiger partial charge on any atom is 0.309 e. The van der Waals surface area contributed by atoms with Crippen LogP contribution in [0.3, 0.4) is 0 Å². The van der Waals surface area contributed by atoms with Gasteiger partial charge in [-0.15, -0.1) is 0 Å². The highest BCUT2D eigenvalue weighted by molar-refractivity contribution is 5.72. The molecule has 0 aliphatic heterocycles. The summed E-state index contributed by atoms with van der Waals surface area (Å²) in [5.74, 6) is -1.10. The quantitative estimate of drug-likeness (QED) is 0.0261. The molecule has 0 rings (SSSR count). The lowest BCUT2D eigenvalue weighted by atomic mass is 10.0. The molecule has 0 N–H and O–H groups in total. The number of ether oxygens (including phenoxy) is 3. The van der Waals surface area contributed by atoms with Gasteiger partial charge in [0.2, 0.25) is 0 Å². The Kier molecular flexibility index (Phi) is 55.5. The van der Waals surface area contributed by atoms with E-state index in [1.54, 1.807) is 6.08 Å². The fraction of sp³-hybridized carbons (Fsp3) is 0.621. The van der Waals surface area contributed by atoms with Crippen LogP contribution in [0.2, 0.25) is 0 Å². The SMILES string of the molecule is CC/C=C\C/C=C\C/C=C\C/C=C\C/C=C\C/C=C\CCCCC(=O)OCC(COC(=O)C/C=C\C/C=C\C/C=C\C/C=C\C/C=C\CC)OC(=O)CCCCCCCCCCCCCCCCCCCC. The van der Waals surface area contributed by atoms with Gasteiger partial charge in [0.1, 0.15) is 13.2 Å². The Balaban J connectivity index is 4.56. The van der Waals surface area contributed by atoms with Gasteiger partial charge in [0, 0.05) is 12.8 Å². The normalized spacial score (nSPS) is 13.1. The van der Waals surface area contributed by atoms with Gasteiger partial charge in [0.15, 0.2) is 6.10 Å². The molecule has 0 bridgehead atoms. The molecule has 72 heavy (non-hydrogen) atoms. The van der Waals surface area contributed by atoms with Gasteiger partial charge in [-0.05, 0) is 96.3 Å². The highest BCUT2D eigenvalue weighted by Gasteiger charge is 2.19. The summed E-state index contributed by atoms with van der Waals surface area (Å²) < 4.78 is 16.7. The maximum absolute atomic E-state index is 12.9. The zero-order valence-corrected chi connectivity index (χ0v) is 46.4. The number of carbonyl (C=O) groups is 3. The third-order valence-electron chi connectivity index (χ3n) is 11.9. The Hall–Kier alpha value is -4.45. The van der Waals surface area contributed by atoms with E-state index in [0.29, 0.717) is 12.8 Å². The largest absolute Gasteiger partial charge is 0.462 e. The molecule has 0 saturated heterocycles. The van der Waals surface area contributed by atoms with Crippen molar-refractivity contribution in [2.75, 3.05) is 13.2 Å². The van der Waals surface area contributed by atoms with Gasteiger partial charge in [-0.2, -0.15) is 0 Å². The standard InChI is InChI=1S/C66H106O6/c1-4-7-10-13-16-19-22-25-28-30-32-33-34-36-38-41-44-47-50-53-56-59-65(68)71-62-63(61-70-64(67)58-55-52-49-46-43-40-37-27-24-21-18-15-12-9-6-3)72-66(69)60-57-54-51-48-45-42-39-35-31-29-26-23-20-17-14-11-8-5-2/h7,9-10,12,16,18-19,21,25,27-28,32-33,36-38,43-44,46-47,52,55,63H,4-6,8,11,13-15,17,20,22-24,26,29-31,34-35,39-42,45,48-51,53-54,56-62H2,1-3H3/b10-7-,12-9-,19-16-,21-18-,28-25-,33-32-,37-27-,38-36-,46-43-,47-44-,55-52-. The number of hydrogen-bond acceptors (Lipinski definition) is 6. The molecular weight excluding hydrogens is 889 g/mol. The highest BCUT2D eigenvalue weighted by Crippen LogP contribution is 2.15. The molecule has 0 aromatic rings. The van der Waals surface area contributed by atoms with Crippen LogP contribution in [-0.4, -0.2) is 37.2 Å². The van der Waals surface area contributed by atoms with Crippen LogP contribution >= 0.6 is 0 Å². The minimum atomic E-state index is -0.840. The van der Waals surface area contributed by atoms with Crippen molar-refractivity contribution in [2.45, 2.75) is 252 Å². The smallest absolute Gasteiger partial charge is 0.309 e. The van der Waals surface area contributed by atoms with Crippen molar-refractivity contribution in [1.82, 2.24) is 0 Å². The van der Waals surface area contributed by atoms with E-state index in [1.165, 1.54) is 96.3 Å². The predicted molar refractivity (Wildman–Crippen MR) is 311 cm³/mol. The zero-order valence-electron chi connectivity index (χ0n) is 46.4. The van der Waals surface area contributed by atoms with E-state index in [0.717, 1.165) is 103 Å². The molecule has 0 aromatic carbocycles. The second-order valence-electron chi connectivity index (χ2n) is 18.8. The topological polar surface area (TPSA) is 78.9 Å². The van der Waals surface area contributed by atoms with Crippen LogP contribution in [0.1, 0.15) is 245 Å². The average Bonchev–Trinajstić information content (AvgIpc) is 3.38. The van der Waals surface area contributed by atoms with Gasteiger partial charge in [0.25, 0.3) is 0 Å². The summed E-state index contributed by atoms with van der Waals surface area (Å²) >= 11 is 0. The van der Waals surface area contributed by atoms with Gasteiger partial charge in [-0.25, -0.2) is 0 Å². The van der Waals surface area contributed by atoms with E-state index in [4.69, 9.17) is 14.2 Å². The van der Waals surface area contributed by atoms with Gasteiger partial charge >= 0.3 is 17.9 Å². The third kappa shape index (κ3) is 56.5. The second-order valence-corrected chi connectivity index (χ2v) is 18.8. The number of hydrogen-bond donors (Lipinski definition) is 0. The molecule has 0 amide bonds. The van der Waals surface area contributed by atoms with Crippen LogP contribution in [0.4, 0.5) is 0 Å². The van der Waals surface area contributed by atoms with Crippen molar-refractivity contribution in [3.63, 3.8) is 0 Å². The molecule has 0 spiro atoms. The van der Waals surface area contributed by atoms with E-state index in [9.17, 15) is 14.4 Å². The summed E-state index contributed by atoms with van der Waals surface area (Å²) in [4.78, 5) is 38.1. The van der Waals surface area contributed by atoms with Crippen LogP contribution in [0.25, 0.3) is 0 Å². The lowest BCUT2D eigenvalue weighted by Gasteiger charge is -2.18. The average molecular weight is 996 g/mol. The Morgan fingerprint density at radius 3 is 0.972 bits per heavy atom. The minimum Gasteiger partial charge on any atom is -0.462 e. The van der Waals surface area contributed by atoms with Gasteiger partial charge in [-0.3, -0.25) is 14.4 Å². The van der Waals surface area contributed by atoms with Gasteiger partial charge in [-0.1, -0.05) is 264 Å². The van der Waals surface area contributed by atoms with Crippen LogP contribution in [0, 0.1) is 0 Å². The summed E-state index contributed by atoms with van der Waals surface area (Å²) in [6.07, 6.45) is 83.3. The van der Waals surface area contributed by atoms with Crippen LogP contribution < -0.4 is 0 Å². The Labute approximate surface area is 443 Å². The predicted octanol–water partition coefficient (Wildman–Crippen LogP) is 19.8. The molecule has 1 atom stereocenters. The van der Waals surface area contributed by atoms with Crippen LogP contribution in [0.5, 0.6) is 0 Å². The number of carbonyl (C=O) groups excluding carboxylic acids is 3. The van der Waals surface area contributed by atoms with E-state index >= 15 is 0 Å². The minimum absolute atomic E-state index is 0.115. The van der Waals surface area contributed by atoms with E-state index in [-0.39, 0.29) is 38.0 Å². The van der Waals surface area contributed by atoms with Crippen molar-refractivity contribution >= 4 is 17.9 Å². The monoisotopic (exact) mass is 995 g/mol. The Bertz CT molecular complexity index is 1560. The third-order valence-corrected chi connectivity index (χ3v) is 11.9. The number of rotatable bonds is 51. The number of unbranched alkanes of at least 4 members (excludes halogenated alkanes) is 19. The zero-order chi connectivity index (χ0) is 52.2. The van der Waals surface area contributed by atoms with Crippen molar-refractivity contribution in [2.24, 2.45) is 0 Å². The summed E-state index contributed by atoms with van der Waals surface area (Å²) in [5, 5.41) is 0. The lowest BCUT2D eigenvalue weighted by molar-refractivity contribution is -0.166. The van der Waals surface area contributed by atoms with E-state index < -0.39 is 12.1 Å². The van der Waals surface area contributed by atoms with Crippen molar-refractivity contribution in [3.05, 3.63) is 134 Å². The molecule has 0 heterocycles. The Morgan fingerprint density at radius 2 is 0.597 bits per heavy atom. The van der Waals surface area contributed by atoms with Crippen molar-refractivity contribution in [1.29, 1.82) is 0 Å². The van der Waals surface area contributed by atoms with E-state index in [1.807, 2.05) is 6.08 Å². The molecule has 6 heteroatoms. The molecule has 0 radical (unpaired) electrons. The summed E-state index contributed by atoms with van der Waals surface area (Å²) in [5.41, 5.74) is 0. The van der Waals surface area contributed by atoms with E-state index in [2.05, 4.69) is 142 Å². The molecule has 0 aromatic heterocycles. The highest BCUT2D eigenvalue weighted by atomic mass is 16.6. The summed E-state index contributed by atoms with van der Waals surface area (Å²) in [6.45, 7) is 6.29. The Morgan fingerprint density at radius 1 is 0.306 bits per heavy atom. The molecule has 0 saturated carbocycles. The molecule has 1 unspecified atom stereocenters. The molecule has 406 valence electrons.